The summed E-state index contributed by atoms with van der Waals surface area (Å²) in [5.41, 5.74) is 0.945. The molecule has 26 heavy (non-hydrogen) atoms. The lowest BCUT2D eigenvalue weighted by Gasteiger charge is -2.21. The van der Waals surface area contributed by atoms with Crippen LogP contribution in [0.15, 0.2) is 36.8 Å². The van der Waals surface area contributed by atoms with Crippen LogP contribution in [-0.4, -0.2) is 39.5 Å². The molecule has 3 rings (SSSR count). The minimum absolute atomic E-state index is 0.144. The van der Waals surface area contributed by atoms with E-state index in [1.807, 2.05) is 0 Å². The molecule has 0 bridgehead atoms. The largest absolute Gasteiger partial charge is 0.307 e. The first-order chi connectivity index (χ1) is 12.2. The van der Waals surface area contributed by atoms with Crippen LogP contribution in [0.4, 0.5) is 13.2 Å². The fraction of sp³-hybridized carbons (Fsp3) is 0.278. The first kappa shape index (κ1) is 18.2. The number of halogens is 4. The van der Waals surface area contributed by atoms with Crippen molar-refractivity contribution in [3.05, 3.63) is 58.6 Å². The van der Waals surface area contributed by atoms with Crippen molar-refractivity contribution in [3.63, 3.8) is 0 Å². The lowest BCUT2D eigenvalue weighted by molar-refractivity contribution is -0.0277. The molecular weight excluding hydrogens is 367 g/mol. The summed E-state index contributed by atoms with van der Waals surface area (Å²) in [7, 11) is 1.00. The van der Waals surface area contributed by atoms with E-state index in [0.29, 0.717) is 21.0 Å². The third kappa shape index (κ3) is 2.90. The summed E-state index contributed by atoms with van der Waals surface area (Å²) in [6.45, 7) is 1.06. The van der Waals surface area contributed by atoms with Crippen molar-refractivity contribution in [3.8, 4) is 11.8 Å². The second kappa shape index (κ2) is 6.29. The quantitative estimate of drug-likeness (QED) is 0.592. The molecule has 8 heteroatoms. The van der Waals surface area contributed by atoms with Gasteiger partial charge in [-0.25, -0.2) is 18.2 Å². The Morgan fingerprint density at radius 1 is 1.19 bits per heavy atom. The van der Waals surface area contributed by atoms with Crippen LogP contribution in [0, 0.1) is 17.8 Å². The second-order valence-corrected chi connectivity index (χ2v) is 6.39. The first-order valence-corrected chi connectivity index (χ1v) is 7.99. The molecule has 1 aliphatic carbocycles. The normalized spacial score (nSPS) is 22.9. The Bertz CT molecular complexity index is 923. The van der Waals surface area contributed by atoms with Crippen LogP contribution in [-0.2, 0) is 0 Å². The number of hydrogen-bond donors (Lipinski definition) is 0. The molecule has 1 saturated carbocycles. The summed E-state index contributed by atoms with van der Waals surface area (Å²) in [5, 5.41) is 0.449. The number of carbonyl (C=O) groups is 1. The number of pyridine rings is 2. The third-order valence-electron chi connectivity index (χ3n) is 4.33. The van der Waals surface area contributed by atoms with Gasteiger partial charge in [0.2, 0.25) is 0 Å². The SMILES string of the molecule is CC1C(F)(F)C1(F)N(C)C(=O)c1ccc(C#Cc2cncc(Cl)c2)cn1. The van der Waals surface area contributed by atoms with Gasteiger partial charge in [-0.3, -0.25) is 9.78 Å². The number of alkyl halides is 3. The van der Waals surface area contributed by atoms with E-state index in [4.69, 9.17) is 11.6 Å². The molecule has 0 radical (unpaired) electrons. The van der Waals surface area contributed by atoms with Gasteiger partial charge in [0, 0.05) is 36.8 Å². The molecule has 1 fully saturated rings. The zero-order chi connectivity index (χ0) is 19.1. The van der Waals surface area contributed by atoms with E-state index < -0.39 is 23.5 Å². The van der Waals surface area contributed by atoms with Gasteiger partial charge in [-0.1, -0.05) is 30.4 Å². The highest BCUT2D eigenvalue weighted by Gasteiger charge is 2.84. The molecule has 2 aromatic rings. The van der Waals surface area contributed by atoms with Crippen molar-refractivity contribution in [1.29, 1.82) is 0 Å². The van der Waals surface area contributed by atoms with Gasteiger partial charge in [0.1, 0.15) is 5.69 Å². The maximum atomic E-state index is 14.3. The van der Waals surface area contributed by atoms with Crippen LogP contribution in [0.5, 0.6) is 0 Å². The van der Waals surface area contributed by atoms with E-state index in [2.05, 4.69) is 21.8 Å². The van der Waals surface area contributed by atoms with Gasteiger partial charge < -0.3 is 4.90 Å². The second-order valence-electron chi connectivity index (χ2n) is 5.96. The summed E-state index contributed by atoms with van der Waals surface area (Å²) in [6, 6.07) is 4.45. The molecule has 1 amide bonds. The molecule has 2 atom stereocenters. The number of rotatable bonds is 2. The van der Waals surface area contributed by atoms with Crippen molar-refractivity contribution in [2.45, 2.75) is 18.6 Å². The Hall–Kier alpha value is -2.59. The number of carbonyl (C=O) groups excluding carboxylic acids is 1. The van der Waals surface area contributed by atoms with Gasteiger partial charge in [0.05, 0.1) is 10.9 Å². The van der Waals surface area contributed by atoms with Crippen LogP contribution in [0.1, 0.15) is 28.5 Å². The van der Waals surface area contributed by atoms with E-state index in [0.717, 1.165) is 14.0 Å². The molecule has 2 aromatic heterocycles. The summed E-state index contributed by atoms with van der Waals surface area (Å²) in [6.07, 6.45) is 4.33. The minimum Gasteiger partial charge on any atom is -0.302 e. The van der Waals surface area contributed by atoms with Crippen molar-refractivity contribution in [2.75, 3.05) is 7.05 Å². The minimum atomic E-state index is -3.56. The fourth-order valence-electron chi connectivity index (χ4n) is 2.57. The summed E-state index contributed by atoms with van der Waals surface area (Å²) >= 11 is 5.82. The van der Waals surface area contributed by atoms with Gasteiger partial charge in [0.15, 0.2) is 0 Å². The van der Waals surface area contributed by atoms with Crippen LogP contribution in [0.3, 0.4) is 0 Å². The van der Waals surface area contributed by atoms with Crippen LogP contribution >= 0.6 is 11.6 Å². The molecule has 0 aliphatic heterocycles. The molecule has 2 unspecified atom stereocenters. The predicted octanol–water partition coefficient (Wildman–Crippen LogP) is 3.55. The van der Waals surface area contributed by atoms with Crippen LogP contribution in [0.25, 0.3) is 0 Å². The molecule has 2 heterocycles. The van der Waals surface area contributed by atoms with E-state index in [9.17, 15) is 18.0 Å². The van der Waals surface area contributed by atoms with Crippen molar-refractivity contribution in [1.82, 2.24) is 14.9 Å². The smallest absolute Gasteiger partial charge is 0.302 e. The molecule has 4 nitrogen and oxygen atoms in total. The van der Waals surface area contributed by atoms with E-state index in [-0.39, 0.29) is 5.69 Å². The average Bonchev–Trinajstić information content (AvgIpc) is 3.03. The number of nitrogens with zero attached hydrogens (tertiary/aromatic N) is 3. The van der Waals surface area contributed by atoms with Crippen molar-refractivity contribution in [2.24, 2.45) is 5.92 Å². The predicted molar refractivity (Wildman–Crippen MR) is 89.5 cm³/mol. The third-order valence-corrected chi connectivity index (χ3v) is 4.54. The Morgan fingerprint density at radius 3 is 2.38 bits per heavy atom. The number of aromatic nitrogens is 2. The summed E-state index contributed by atoms with van der Waals surface area (Å²) < 4.78 is 41.2. The standard InChI is InChI=1S/C18H13ClF3N3O/c1-11-17(20,21)18(11,22)25(2)16(26)15-6-5-12(9-24-15)3-4-13-7-14(19)10-23-8-13/h5-11H,1-2H3. The van der Waals surface area contributed by atoms with Gasteiger partial charge in [-0.15, -0.1) is 0 Å². The summed E-state index contributed by atoms with van der Waals surface area (Å²) in [5.74, 6) is -3.37. The fourth-order valence-corrected chi connectivity index (χ4v) is 2.74. The van der Waals surface area contributed by atoms with Crippen molar-refractivity contribution < 1.29 is 18.0 Å². The zero-order valence-electron chi connectivity index (χ0n) is 13.8. The lowest BCUT2D eigenvalue weighted by Crippen LogP contribution is -2.40. The Balaban J connectivity index is 1.75. The Kier molecular flexibility index (Phi) is 4.41. The molecule has 134 valence electrons. The first-order valence-electron chi connectivity index (χ1n) is 7.61. The van der Waals surface area contributed by atoms with Crippen LogP contribution < -0.4 is 0 Å². The molecule has 0 saturated heterocycles. The van der Waals surface area contributed by atoms with E-state index in [1.165, 1.54) is 30.7 Å². The molecule has 0 N–H and O–H groups in total. The van der Waals surface area contributed by atoms with Crippen LogP contribution in [0.2, 0.25) is 5.02 Å². The van der Waals surface area contributed by atoms with Gasteiger partial charge in [-0.2, -0.15) is 0 Å². The highest BCUT2D eigenvalue weighted by atomic mass is 35.5. The van der Waals surface area contributed by atoms with Gasteiger partial charge in [0.25, 0.3) is 11.7 Å². The Morgan fingerprint density at radius 2 is 1.85 bits per heavy atom. The Labute approximate surface area is 153 Å². The molecular formula is C18H13ClF3N3O. The van der Waals surface area contributed by atoms with E-state index in [1.54, 1.807) is 6.07 Å². The number of amides is 1. The highest BCUT2D eigenvalue weighted by molar-refractivity contribution is 6.30. The van der Waals surface area contributed by atoms with Gasteiger partial charge in [-0.05, 0) is 18.2 Å². The molecule has 1 aliphatic rings. The van der Waals surface area contributed by atoms with Gasteiger partial charge >= 0.3 is 5.92 Å². The number of hydrogen-bond acceptors (Lipinski definition) is 3. The maximum absolute atomic E-state index is 14.3. The molecule has 0 spiro atoms. The van der Waals surface area contributed by atoms with E-state index >= 15 is 0 Å². The highest BCUT2D eigenvalue weighted by Crippen LogP contribution is 2.62. The summed E-state index contributed by atoms with van der Waals surface area (Å²) in [4.78, 5) is 20.4. The monoisotopic (exact) mass is 379 g/mol. The molecule has 0 aromatic carbocycles. The van der Waals surface area contributed by atoms with Crippen molar-refractivity contribution >= 4 is 17.5 Å². The average molecular weight is 380 g/mol. The maximum Gasteiger partial charge on any atom is 0.307 e. The topological polar surface area (TPSA) is 46.1 Å². The zero-order valence-corrected chi connectivity index (χ0v) is 14.6. The lowest BCUT2D eigenvalue weighted by atomic mass is 10.2.